The summed E-state index contributed by atoms with van der Waals surface area (Å²) >= 11 is 0. The maximum atomic E-state index is 13.2. The monoisotopic (exact) mass is 200 g/mol. The summed E-state index contributed by atoms with van der Waals surface area (Å²) in [6, 6.07) is 5.41. The van der Waals surface area contributed by atoms with Gasteiger partial charge in [0.15, 0.2) is 0 Å². The lowest BCUT2D eigenvalue weighted by molar-refractivity contribution is -0.147. The molecule has 0 spiro atoms. The molecule has 76 valence electrons. The Morgan fingerprint density at radius 2 is 1.86 bits per heavy atom. The number of nitrogens with one attached hydrogen (secondary N) is 1. The molecular weight excluding hydrogens is 190 g/mol. The fraction of sp³-hybridized carbons (Fsp3) is 0.222. The number of carbonyl (C=O) groups is 1. The summed E-state index contributed by atoms with van der Waals surface area (Å²) in [5.41, 5.74) is 1.91. The summed E-state index contributed by atoms with van der Waals surface area (Å²) in [5, 5.41) is 0. The van der Waals surface area contributed by atoms with Crippen molar-refractivity contribution in [3.8, 4) is 0 Å². The van der Waals surface area contributed by atoms with E-state index in [-0.39, 0.29) is 5.56 Å². The molecule has 0 fully saturated rings. The zero-order valence-corrected chi connectivity index (χ0v) is 7.55. The second kappa shape index (κ2) is 3.71. The average molecular weight is 200 g/mol. The number of nitrogens with two attached hydrogens (primary N) is 1. The molecule has 0 atom stereocenters. The molecule has 1 amide bonds. The van der Waals surface area contributed by atoms with Crippen molar-refractivity contribution in [3.63, 3.8) is 0 Å². The Labute approximate surface area is 79.9 Å². The topological polar surface area (TPSA) is 55.1 Å². The summed E-state index contributed by atoms with van der Waals surface area (Å²) in [6.07, 6.45) is 0. The second-order valence-electron chi connectivity index (χ2n) is 2.91. The van der Waals surface area contributed by atoms with Gasteiger partial charge < -0.3 is 0 Å². The van der Waals surface area contributed by atoms with Crippen LogP contribution in [0, 0.1) is 6.92 Å². The zero-order valence-electron chi connectivity index (χ0n) is 7.55. The number of hydrogen-bond donors (Lipinski definition) is 2. The number of benzene rings is 1. The molecule has 3 nitrogen and oxygen atoms in total. The van der Waals surface area contributed by atoms with Crippen LogP contribution in [0.15, 0.2) is 24.3 Å². The van der Waals surface area contributed by atoms with E-state index in [1.165, 1.54) is 29.7 Å². The van der Waals surface area contributed by atoms with Crippen LogP contribution in [-0.4, -0.2) is 5.91 Å². The van der Waals surface area contributed by atoms with Crippen LogP contribution in [0.3, 0.4) is 0 Å². The first kappa shape index (κ1) is 10.6. The van der Waals surface area contributed by atoms with E-state index in [1.54, 1.807) is 6.92 Å². The molecule has 0 bridgehead atoms. The molecule has 1 aromatic rings. The van der Waals surface area contributed by atoms with Gasteiger partial charge in [-0.15, -0.1) is 0 Å². The number of rotatable bonds is 2. The molecule has 1 rings (SSSR count). The van der Waals surface area contributed by atoms with E-state index >= 15 is 0 Å². The Morgan fingerprint density at radius 3 is 2.29 bits per heavy atom. The summed E-state index contributed by atoms with van der Waals surface area (Å²) < 4.78 is 26.4. The molecule has 5 heteroatoms. The van der Waals surface area contributed by atoms with Gasteiger partial charge in [-0.1, -0.05) is 29.8 Å². The lowest BCUT2D eigenvalue weighted by Crippen LogP contribution is -2.41. The number of halogens is 2. The van der Waals surface area contributed by atoms with Gasteiger partial charge in [0.05, 0.1) is 0 Å². The van der Waals surface area contributed by atoms with Crippen LogP contribution >= 0.6 is 0 Å². The third-order valence-corrected chi connectivity index (χ3v) is 1.83. The Bertz CT molecular complexity index is 335. The molecule has 0 unspecified atom stereocenters. The molecule has 0 radical (unpaired) electrons. The fourth-order valence-electron chi connectivity index (χ4n) is 0.985. The van der Waals surface area contributed by atoms with E-state index < -0.39 is 11.8 Å². The van der Waals surface area contributed by atoms with Crippen molar-refractivity contribution in [2.24, 2.45) is 5.84 Å². The van der Waals surface area contributed by atoms with Crippen LogP contribution in [-0.2, 0) is 10.7 Å². The smallest absolute Gasteiger partial charge is 0.289 e. The van der Waals surface area contributed by atoms with E-state index in [1.807, 2.05) is 0 Å². The number of hydrogen-bond acceptors (Lipinski definition) is 2. The molecule has 0 aliphatic carbocycles. The van der Waals surface area contributed by atoms with Crippen LogP contribution in [0.25, 0.3) is 0 Å². The van der Waals surface area contributed by atoms with Crippen molar-refractivity contribution in [2.75, 3.05) is 0 Å². The Kier molecular flexibility index (Phi) is 2.81. The van der Waals surface area contributed by atoms with Crippen LogP contribution < -0.4 is 11.3 Å². The molecule has 3 N–H and O–H groups in total. The quantitative estimate of drug-likeness (QED) is 0.426. The van der Waals surface area contributed by atoms with Gasteiger partial charge in [0.2, 0.25) is 0 Å². The molecule has 0 aliphatic heterocycles. The average Bonchev–Trinajstić information content (AvgIpc) is 2.17. The highest BCUT2D eigenvalue weighted by atomic mass is 19.3. The van der Waals surface area contributed by atoms with Gasteiger partial charge in [-0.25, -0.2) is 5.84 Å². The van der Waals surface area contributed by atoms with Crippen LogP contribution in [0.5, 0.6) is 0 Å². The number of amides is 1. The Morgan fingerprint density at radius 1 is 1.36 bits per heavy atom. The van der Waals surface area contributed by atoms with Gasteiger partial charge in [-0.3, -0.25) is 10.2 Å². The minimum Gasteiger partial charge on any atom is -0.289 e. The van der Waals surface area contributed by atoms with Gasteiger partial charge in [-0.05, 0) is 6.92 Å². The van der Waals surface area contributed by atoms with Crippen molar-refractivity contribution in [1.29, 1.82) is 0 Å². The summed E-state index contributed by atoms with van der Waals surface area (Å²) in [5.74, 6) is -0.448. The minimum absolute atomic E-state index is 0.369. The van der Waals surface area contributed by atoms with E-state index in [9.17, 15) is 13.6 Å². The van der Waals surface area contributed by atoms with E-state index in [2.05, 4.69) is 5.84 Å². The SMILES string of the molecule is Cc1ccc(C(F)(F)C(=O)NN)cc1. The first-order chi connectivity index (χ1) is 6.48. The first-order valence-corrected chi connectivity index (χ1v) is 3.94. The molecule has 0 saturated carbocycles. The molecule has 0 aliphatic rings. The highest BCUT2D eigenvalue weighted by Gasteiger charge is 2.40. The van der Waals surface area contributed by atoms with Gasteiger partial charge >= 0.3 is 11.8 Å². The predicted octanol–water partition coefficient (Wildman–Crippen LogP) is 1.08. The van der Waals surface area contributed by atoms with E-state index in [0.717, 1.165) is 5.56 Å². The van der Waals surface area contributed by atoms with Crippen molar-refractivity contribution >= 4 is 5.91 Å². The highest BCUT2D eigenvalue weighted by molar-refractivity contribution is 5.84. The second-order valence-corrected chi connectivity index (χ2v) is 2.91. The van der Waals surface area contributed by atoms with Gasteiger partial charge in [0, 0.05) is 5.56 Å². The van der Waals surface area contributed by atoms with E-state index in [4.69, 9.17) is 0 Å². The number of carbonyl (C=O) groups excluding carboxylic acids is 1. The normalized spacial score (nSPS) is 11.1. The van der Waals surface area contributed by atoms with Gasteiger partial charge in [0.25, 0.3) is 0 Å². The van der Waals surface area contributed by atoms with Crippen LogP contribution in [0.2, 0.25) is 0 Å². The molecule has 1 aromatic carbocycles. The lowest BCUT2D eigenvalue weighted by atomic mass is 10.1. The molecule has 0 aromatic heterocycles. The summed E-state index contributed by atoms with van der Waals surface area (Å²) in [7, 11) is 0. The standard InChI is InChI=1S/C9H10F2N2O/c1-6-2-4-7(5-3-6)9(10,11)8(14)13-12/h2-5H,12H2,1H3,(H,13,14). The number of alkyl halides is 2. The van der Waals surface area contributed by atoms with Crippen LogP contribution in [0.4, 0.5) is 8.78 Å². The largest absolute Gasteiger partial charge is 0.351 e. The molecule has 0 heterocycles. The van der Waals surface area contributed by atoms with Crippen molar-refractivity contribution in [3.05, 3.63) is 35.4 Å². The summed E-state index contributed by atoms with van der Waals surface area (Å²) in [4.78, 5) is 10.7. The summed E-state index contributed by atoms with van der Waals surface area (Å²) in [6.45, 7) is 1.77. The fourth-order valence-corrected chi connectivity index (χ4v) is 0.985. The van der Waals surface area contributed by atoms with Gasteiger partial charge in [-0.2, -0.15) is 8.78 Å². The minimum atomic E-state index is -3.58. The molecular formula is C9H10F2N2O. The van der Waals surface area contributed by atoms with Crippen molar-refractivity contribution in [2.45, 2.75) is 12.8 Å². The number of aryl methyl sites for hydroxylation is 1. The predicted molar refractivity (Wildman–Crippen MR) is 47.4 cm³/mol. The lowest BCUT2D eigenvalue weighted by Gasteiger charge is -2.14. The highest BCUT2D eigenvalue weighted by Crippen LogP contribution is 2.27. The third kappa shape index (κ3) is 1.88. The van der Waals surface area contributed by atoms with Crippen molar-refractivity contribution < 1.29 is 13.6 Å². The molecule has 0 saturated heterocycles. The number of hydrazine groups is 1. The van der Waals surface area contributed by atoms with Crippen molar-refractivity contribution in [1.82, 2.24) is 5.43 Å². The van der Waals surface area contributed by atoms with Crippen LogP contribution in [0.1, 0.15) is 11.1 Å². The van der Waals surface area contributed by atoms with Gasteiger partial charge in [0.1, 0.15) is 0 Å². The Hall–Kier alpha value is -1.49. The maximum Gasteiger partial charge on any atom is 0.351 e. The first-order valence-electron chi connectivity index (χ1n) is 3.94. The molecule has 14 heavy (non-hydrogen) atoms. The maximum absolute atomic E-state index is 13.2. The zero-order chi connectivity index (χ0) is 10.8. The third-order valence-electron chi connectivity index (χ3n) is 1.83. The Balaban J connectivity index is 3.03. The van der Waals surface area contributed by atoms with E-state index in [0.29, 0.717) is 0 Å².